The van der Waals surface area contributed by atoms with Crippen LogP contribution in [0.3, 0.4) is 0 Å². The fraction of sp³-hybridized carbons (Fsp3) is 0.591. The topological polar surface area (TPSA) is 64.0 Å². The molecule has 5 nitrogen and oxygen atoms in total. The van der Waals surface area contributed by atoms with Gasteiger partial charge in [-0.3, -0.25) is 14.2 Å². The van der Waals surface area contributed by atoms with E-state index in [4.69, 9.17) is 4.98 Å². The summed E-state index contributed by atoms with van der Waals surface area (Å²) >= 11 is 1.38. The summed E-state index contributed by atoms with van der Waals surface area (Å²) < 4.78 is 1.80. The summed E-state index contributed by atoms with van der Waals surface area (Å²) in [6, 6.07) is 7.84. The van der Waals surface area contributed by atoms with Crippen LogP contribution in [0, 0.1) is 5.92 Å². The van der Waals surface area contributed by atoms with Gasteiger partial charge < -0.3 is 5.32 Å². The molecule has 1 amide bonds. The lowest BCUT2D eigenvalue weighted by Crippen LogP contribution is -2.33. The van der Waals surface area contributed by atoms with Crippen LogP contribution in [-0.4, -0.2) is 26.8 Å². The number of rotatable bonds is 9. The van der Waals surface area contributed by atoms with Gasteiger partial charge in [-0.2, -0.15) is 0 Å². The van der Waals surface area contributed by atoms with E-state index in [-0.39, 0.29) is 22.8 Å². The lowest BCUT2D eigenvalue weighted by molar-refractivity contribution is -0.120. The number of carbonyl (C=O) groups excluding carboxylic acids is 1. The zero-order chi connectivity index (χ0) is 20.3. The number of hydrogen-bond donors (Lipinski definition) is 1. The van der Waals surface area contributed by atoms with Crippen molar-refractivity contribution >= 4 is 28.6 Å². The van der Waals surface area contributed by atoms with E-state index >= 15 is 0 Å². The summed E-state index contributed by atoms with van der Waals surface area (Å²) in [5, 5.41) is 4.03. The van der Waals surface area contributed by atoms with Crippen molar-refractivity contribution in [2.24, 2.45) is 5.92 Å². The van der Waals surface area contributed by atoms with Crippen molar-refractivity contribution in [3.8, 4) is 0 Å². The Balaban J connectivity index is 1.89. The van der Waals surface area contributed by atoms with E-state index in [9.17, 15) is 9.59 Å². The number of benzene rings is 1. The third-order valence-corrected chi connectivity index (χ3v) is 6.26. The fourth-order valence-corrected chi connectivity index (χ4v) is 4.32. The summed E-state index contributed by atoms with van der Waals surface area (Å²) in [5.74, 6) is 0.674. The van der Waals surface area contributed by atoms with E-state index in [1.807, 2.05) is 31.2 Å². The number of nitrogens with one attached hydrogen (secondary N) is 1. The van der Waals surface area contributed by atoms with Crippen molar-refractivity contribution < 1.29 is 4.79 Å². The maximum atomic E-state index is 13.2. The number of para-hydroxylation sites is 1. The van der Waals surface area contributed by atoms with Gasteiger partial charge in [-0.15, -0.1) is 0 Å². The molecular formula is C22H31N3O2S. The number of fused-ring (bicyclic) bond motifs is 1. The Morgan fingerprint density at radius 3 is 2.61 bits per heavy atom. The number of hydrogen-bond acceptors (Lipinski definition) is 4. The van der Waals surface area contributed by atoms with E-state index in [0.29, 0.717) is 28.0 Å². The molecule has 0 aliphatic heterocycles. The van der Waals surface area contributed by atoms with Gasteiger partial charge >= 0.3 is 0 Å². The number of thioether (sulfide) groups is 1. The van der Waals surface area contributed by atoms with Gasteiger partial charge in [0.1, 0.15) is 0 Å². The van der Waals surface area contributed by atoms with Gasteiger partial charge in [-0.05, 0) is 51.2 Å². The second kappa shape index (κ2) is 9.12. The van der Waals surface area contributed by atoms with Crippen molar-refractivity contribution in [2.75, 3.05) is 0 Å². The molecule has 0 saturated heterocycles. The molecule has 152 valence electrons. The minimum atomic E-state index is -0.289. The molecular weight excluding hydrogens is 370 g/mol. The average molecular weight is 402 g/mol. The summed E-state index contributed by atoms with van der Waals surface area (Å²) in [5.41, 5.74) is 0.676. The predicted octanol–water partition coefficient (Wildman–Crippen LogP) is 4.54. The fourth-order valence-electron chi connectivity index (χ4n) is 3.31. The zero-order valence-electron chi connectivity index (χ0n) is 17.3. The van der Waals surface area contributed by atoms with E-state index in [1.54, 1.807) is 4.57 Å². The second-order valence-corrected chi connectivity index (χ2v) is 9.61. The Bertz CT molecular complexity index is 889. The van der Waals surface area contributed by atoms with Crippen LogP contribution < -0.4 is 10.9 Å². The molecule has 2 atom stereocenters. The smallest absolute Gasteiger partial charge is 0.262 e. The molecule has 0 unspecified atom stereocenters. The number of carbonyl (C=O) groups is 1. The second-order valence-electron chi connectivity index (χ2n) is 8.30. The minimum absolute atomic E-state index is 0.0139. The molecule has 1 N–H and O–H groups in total. The third kappa shape index (κ3) is 5.16. The van der Waals surface area contributed by atoms with Crippen LogP contribution in [0.1, 0.15) is 65.8 Å². The molecule has 28 heavy (non-hydrogen) atoms. The van der Waals surface area contributed by atoms with Crippen LogP contribution in [0.25, 0.3) is 10.9 Å². The lowest BCUT2D eigenvalue weighted by Gasteiger charge is -2.21. The van der Waals surface area contributed by atoms with Crippen molar-refractivity contribution in [2.45, 2.75) is 82.3 Å². The molecule has 1 saturated carbocycles. The molecule has 1 heterocycles. The number of amides is 1. The Hall–Kier alpha value is -1.82. The van der Waals surface area contributed by atoms with E-state index in [0.717, 1.165) is 32.1 Å². The molecule has 1 aliphatic carbocycles. The molecule has 1 aromatic carbocycles. The van der Waals surface area contributed by atoms with Gasteiger partial charge in [0, 0.05) is 12.1 Å². The maximum absolute atomic E-state index is 13.2. The first-order valence-corrected chi connectivity index (χ1v) is 11.2. The molecule has 1 aromatic heterocycles. The first kappa shape index (κ1) is 20.9. The van der Waals surface area contributed by atoms with Crippen LogP contribution in [0.4, 0.5) is 0 Å². The van der Waals surface area contributed by atoms with E-state index < -0.39 is 0 Å². The monoisotopic (exact) mass is 401 g/mol. The van der Waals surface area contributed by atoms with Crippen LogP contribution >= 0.6 is 11.8 Å². The minimum Gasteiger partial charge on any atom is -0.352 e. The summed E-state index contributed by atoms with van der Waals surface area (Å²) in [6.07, 6.45) is 5.26. The lowest BCUT2D eigenvalue weighted by atomic mass is 10.0. The zero-order valence-corrected chi connectivity index (χ0v) is 18.1. The van der Waals surface area contributed by atoms with Crippen LogP contribution in [-0.2, 0) is 4.79 Å². The first-order valence-electron chi connectivity index (χ1n) is 10.3. The molecule has 6 heteroatoms. The van der Waals surface area contributed by atoms with Crippen LogP contribution in [0.15, 0.2) is 34.2 Å². The standard InChI is InChI=1S/C22H31N3O2S/c1-14(2)8-7-9-15(3)25-21(27)18-10-5-6-11-19(18)24-22(25)28-16(4)20(26)23-17-12-13-17/h5-6,10-11,14-17H,7-9,12-13H2,1-4H3,(H,23,26)/t15-,16+/m1/s1. The van der Waals surface area contributed by atoms with Crippen molar-refractivity contribution in [1.82, 2.24) is 14.9 Å². The van der Waals surface area contributed by atoms with Crippen LogP contribution in [0.2, 0.25) is 0 Å². The third-order valence-electron chi connectivity index (χ3n) is 5.19. The Morgan fingerprint density at radius 1 is 1.21 bits per heavy atom. The average Bonchev–Trinajstić information content (AvgIpc) is 3.45. The maximum Gasteiger partial charge on any atom is 0.262 e. The summed E-state index contributed by atoms with van der Waals surface area (Å²) in [4.78, 5) is 30.4. The van der Waals surface area contributed by atoms with Crippen LogP contribution in [0.5, 0.6) is 0 Å². The van der Waals surface area contributed by atoms with E-state index in [1.165, 1.54) is 11.8 Å². The van der Waals surface area contributed by atoms with Gasteiger partial charge in [-0.1, -0.05) is 50.6 Å². The van der Waals surface area contributed by atoms with Crippen molar-refractivity contribution in [3.63, 3.8) is 0 Å². The highest BCUT2D eigenvalue weighted by atomic mass is 32.2. The van der Waals surface area contributed by atoms with Gasteiger partial charge in [-0.25, -0.2) is 4.98 Å². The van der Waals surface area contributed by atoms with Gasteiger partial charge in [0.25, 0.3) is 5.56 Å². The van der Waals surface area contributed by atoms with Gasteiger partial charge in [0.15, 0.2) is 5.16 Å². The molecule has 1 fully saturated rings. The molecule has 1 aliphatic rings. The highest BCUT2D eigenvalue weighted by molar-refractivity contribution is 8.00. The normalized spacial score (nSPS) is 16.3. The largest absolute Gasteiger partial charge is 0.352 e. The summed E-state index contributed by atoms with van der Waals surface area (Å²) in [7, 11) is 0. The number of aromatic nitrogens is 2. The highest BCUT2D eigenvalue weighted by Gasteiger charge is 2.27. The molecule has 0 radical (unpaired) electrons. The van der Waals surface area contributed by atoms with Crippen molar-refractivity contribution in [1.29, 1.82) is 0 Å². The van der Waals surface area contributed by atoms with Gasteiger partial charge in [0.2, 0.25) is 5.91 Å². The Labute approximate surface area is 171 Å². The molecule has 3 rings (SSSR count). The Morgan fingerprint density at radius 2 is 1.93 bits per heavy atom. The predicted molar refractivity (Wildman–Crippen MR) is 116 cm³/mol. The SMILES string of the molecule is CC(C)CCC[C@@H](C)n1c(S[C@@H](C)C(=O)NC2CC2)nc2ccccc2c1=O. The molecule has 0 spiro atoms. The highest BCUT2D eigenvalue weighted by Crippen LogP contribution is 2.28. The number of nitrogens with zero attached hydrogens (tertiary/aromatic N) is 2. The van der Waals surface area contributed by atoms with E-state index in [2.05, 4.69) is 26.1 Å². The Kier molecular flexibility index (Phi) is 6.81. The van der Waals surface area contributed by atoms with Crippen molar-refractivity contribution in [3.05, 3.63) is 34.6 Å². The summed E-state index contributed by atoms with van der Waals surface area (Å²) in [6.45, 7) is 8.40. The quantitative estimate of drug-likeness (QED) is 0.495. The molecule has 0 bridgehead atoms. The van der Waals surface area contributed by atoms with Gasteiger partial charge in [0.05, 0.1) is 16.2 Å². The molecule has 2 aromatic rings. The first-order chi connectivity index (χ1) is 13.4.